The first kappa shape index (κ1) is 19.9. The lowest BCUT2D eigenvalue weighted by molar-refractivity contribution is -0.123. The number of likely N-dealkylation sites (tertiary alicyclic amines) is 1. The normalized spacial score (nSPS) is 16.9. The van der Waals surface area contributed by atoms with Gasteiger partial charge in [0.25, 0.3) is 5.91 Å². The molecule has 1 aliphatic rings. The molecule has 0 saturated carbocycles. The van der Waals surface area contributed by atoms with Gasteiger partial charge in [0.15, 0.2) is 0 Å². The highest BCUT2D eigenvalue weighted by Crippen LogP contribution is 2.28. The van der Waals surface area contributed by atoms with Crippen LogP contribution in [0.1, 0.15) is 62.7 Å². The van der Waals surface area contributed by atoms with Crippen molar-refractivity contribution in [1.82, 2.24) is 10.2 Å². The summed E-state index contributed by atoms with van der Waals surface area (Å²) in [5.74, 6) is -0.0662. The predicted octanol–water partition coefficient (Wildman–Crippen LogP) is 3.64. The van der Waals surface area contributed by atoms with Crippen LogP contribution in [0.15, 0.2) is 6.07 Å². The van der Waals surface area contributed by atoms with Crippen LogP contribution in [-0.2, 0) is 4.79 Å². The molecule has 0 radical (unpaired) electrons. The van der Waals surface area contributed by atoms with E-state index in [1.807, 2.05) is 33.8 Å². The highest BCUT2D eigenvalue weighted by Gasteiger charge is 2.25. The smallest absolute Gasteiger partial charge is 0.261 e. The molecule has 1 aromatic rings. The number of thiophene rings is 1. The number of hydrogen-bond acceptors (Lipinski definition) is 4. The van der Waals surface area contributed by atoms with Crippen molar-refractivity contribution in [2.45, 2.75) is 66.5 Å². The molecule has 0 aliphatic carbocycles. The van der Waals surface area contributed by atoms with Gasteiger partial charge in [0.1, 0.15) is 0 Å². The summed E-state index contributed by atoms with van der Waals surface area (Å²) in [6, 6.07) is 2.67. The average molecular weight is 366 g/mol. The van der Waals surface area contributed by atoms with E-state index in [1.165, 1.54) is 11.3 Å². The Morgan fingerprint density at radius 2 is 1.84 bits per heavy atom. The number of nitrogens with one attached hydrogen (secondary N) is 2. The number of hydrogen-bond donors (Lipinski definition) is 2. The maximum atomic E-state index is 12.6. The van der Waals surface area contributed by atoms with Crippen LogP contribution in [0.3, 0.4) is 0 Å². The maximum Gasteiger partial charge on any atom is 0.261 e. The summed E-state index contributed by atoms with van der Waals surface area (Å²) in [5.41, 5.74) is 0.455. The van der Waals surface area contributed by atoms with Crippen LogP contribution in [0.25, 0.3) is 0 Å². The zero-order valence-electron chi connectivity index (χ0n) is 16.2. The van der Waals surface area contributed by atoms with Crippen molar-refractivity contribution in [3.05, 3.63) is 16.5 Å². The first-order chi connectivity index (χ1) is 11.6. The van der Waals surface area contributed by atoms with E-state index < -0.39 is 5.41 Å². The molecule has 140 valence electrons. The third-order valence-electron chi connectivity index (χ3n) is 4.64. The van der Waals surface area contributed by atoms with Crippen LogP contribution in [0.2, 0.25) is 0 Å². The molecule has 1 saturated heterocycles. The first-order valence-electron chi connectivity index (χ1n) is 9.04. The fourth-order valence-corrected chi connectivity index (χ4v) is 3.85. The standard InChI is InChI=1S/C19H31N3O2S/c1-12(2)22-9-7-14(8-10-22)20-17(23)16-13(3)11-15(25-16)21-18(24)19(4,5)6/h11-12,14H,7-10H2,1-6H3,(H,20,23)(H,21,24). The van der Waals surface area contributed by atoms with Crippen molar-refractivity contribution in [3.63, 3.8) is 0 Å². The van der Waals surface area contributed by atoms with E-state index in [9.17, 15) is 9.59 Å². The van der Waals surface area contributed by atoms with Crippen molar-refractivity contribution in [2.75, 3.05) is 18.4 Å². The molecule has 1 aliphatic heterocycles. The highest BCUT2D eigenvalue weighted by atomic mass is 32.1. The molecule has 2 heterocycles. The number of carbonyl (C=O) groups excluding carboxylic acids is 2. The van der Waals surface area contributed by atoms with Gasteiger partial charge in [0.2, 0.25) is 5.91 Å². The number of piperidine rings is 1. The predicted molar refractivity (Wildman–Crippen MR) is 104 cm³/mol. The van der Waals surface area contributed by atoms with E-state index in [-0.39, 0.29) is 17.9 Å². The number of rotatable bonds is 4. The van der Waals surface area contributed by atoms with E-state index in [2.05, 4.69) is 29.4 Å². The Bertz CT molecular complexity index is 623. The van der Waals surface area contributed by atoms with E-state index >= 15 is 0 Å². The lowest BCUT2D eigenvalue weighted by Gasteiger charge is -2.34. The van der Waals surface area contributed by atoms with Gasteiger partial charge in [-0.1, -0.05) is 20.8 Å². The summed E-state index contributed by atoms with van der Waals surface area (Å²) in [5, 5.41) is 6.81. The molecule has 5 nitrogen and oxygen atoms in total. The monoisotopic (exact) mass is 365 g/mol. The van der Waals surface area contributed by atoms with Gasteiger partial charge < -0.3 is 15.5 Å². The molecule has 1 aromatic heterocycles. The van der Waals surface area contributed by atoms with Crippen LogP contribution in [0.4, 0.5) is 5.00 Å². The van der Waals surface area contributed by atoms with Crippen LogP contribution in [-0.4, -0.2) is 41.9 Å². The quantitative estimate of drug-likeness (QED) is 0.856. The number of nitrogens with zero attached hydrogens (tertiary/aromatic N) is 1. The molecule has 0 atom stereocenters. The zero-order chi connectivity index (χ0) is 18.8. The third kappa shape index (κ3) is 5.28. The van der Waals surface area contributed by atoms with E-state index in [1.54, 1.807) is 0 Å². The van der Waals surface area contributed by atoms with Crippen LogP contribution >= 0.6 is 11.3 Å². The first-order valence-corrected chi connectivity index (χ1v) is 9.86. The van der Waals surface area contributed by atoms with Gasteiger partial charge in [-0.15, -0.1) is 11.3 Å². The molecular formula is C19H31N3O2S. The van der Waals surface area contributed by atoms with Crippen molar-refractivity contribution < 1.29 is 9.59 Å². The molecule has 6 heteroatoms. The molecule has 2 rings (SSSR count). The van der Waals surface area contributed by atoms with Gasteiger partial charge >= 0.3 is 0 Å². The summed E-state index contributed by atoms with van der Waals surface area (Å²) in [4.78, 5) is 27.9. The van der Waals surface area contributed by atoms with Gasteiger partial charge in [0, 0.05) is 30.6 Å². The van der Waals surface area contributed by atoms with Crippen LogP contribution in [0, 0.1) is 12.3 Å². The van der Waals surface area contributed by atoms with Crippen LogP contribution in [0.5, 0.6) is 0 Å². The lowest BCUT2D eigenvalue weighted by Crippen LogP contribution is -2.46. The third-order valence-corrected chi connectivity index (χ3v) is 5.79. The van der Waals surface area contributed by atoms with Crippen molar-refractivity contribution in [1.29, 1.82) is 0 Å². The van der Waals surface area contributed by atoms with Gasteiger partial charge in [-0.3, -0.25) is 9.59 Å². The summed E-state index contributed by atoms with van der Waals surface area (Å²) in [6.45, 7) is 14.0. The second kappa shape index (κ2) is 7.87. The van der Waals surface area contributed by atoms with Crippen molar-refractivity contribution >= 4 is 28.2 Å². The second-order valence-electron chi connectivity index (χ2n) is 8.20. The summed E-state index contributed by atoms with van der Waals surface area (Å²) < 4.78 is 0. The second-order valence-corrected chi connectivity index (χ2v) is 9.26. The SMILES string of the molecule is Cc1cc(NC(=O)C(C)(C)C)sc1C(=O)NC1CCN(C(C)C)CC1. The number of anilines is 1. The van der Waals surface area contributed by atoms with Crippen LogP contribution < -0.4 is 10.6 Å². The topological polar surface area (TPSA) is 61.4 Å². The molecule has 0 aromatic carbocycles. The van der Waals surface area contributed by atoms with Gasteiger partial charge in [-0.2, -0.15) is 0 Å². The molecule has 2 amide bonds. The Hall–Kier alpha value is -1.40. The average Bonchev–Trinajstić information content (AvgIpc) is 2.87. The molecule has 0 unspecified atom stereocenters. The Labute approximate surface area is 155 Å². The van der Waals surface area contributed by atoms with E-state index in [4.69, 9.17) is 0 Å². The van der Waals surface area contributed by atoms with Gasteiger partial charge in [-0.05, 0) is 45.2 Å². The molecular weight excluding hydrogens is 334 g/mol. The Kier molecular flexibility index (Phi) is 6.27. The Morgan fingerprint density at radius 1 is 1.24 bits per heavy atom. The number of amides is 2. The summed E-state index contributed by atoms with van der Waals surface area (Å²) >= 11 is 1.35. The minimum Gasteiger partial charge on any atom is -0.349 e. The van der Waals surface area contributed by atoms with Gasteiger partial charge in [-0.25, -0.2) is 0 Å². The summed E-state index contributed by atoms with van der Waals surface area (Å²) in [6.07, 6.45) is 1.98. The zero-order valence-corrected chi connectivity index (χ0v) is 17.0. The Balaban J connectivity index is 1.95. The van der Waals surface area contributed by atoms with Gasteiger partial charge in [0.05, 0.1) is 9.88 Å². The minimum absolute atomic E-state index is 0.0262. The molecule has 2 N–H and O–H groups in total. The fraction of sp³-hybridized carbons (Fsp3) is 0.684. The van der Waals surface area contributed by atoms with E-state index in [0.29, 0.717) is 10.9 Å². The summed E-state index contributed by atoms with van der Waals surface area (Å²) in [7, 11) is 0. The van der Waals surface area contributed by atoms with Crippen molar-refractivity contribution in [2.24, 2.45) is 5.41 Å². The largest absolute Gasteiger partial charge is 0.349 e. The molecule has 0 spiro atoms. The minimum atomic E-state index is -0.454. The Morgan fingerprint density at radius 3 is 2.36 bits per heavy atom. The molecule has 0 bridgehead atoms. The van der Waals surface area contributed by atoms with Crippen molar-refractivity contribution in [3.8, 4) is 0 Å². The maximum absolute atomic E-state index is 12.6. The fourth-order valence-electron chi connectivity index (χ4n) is 2.88. The number of aryl methyl sites for hydroxylation is 1. The van der Waals surface area contributed by atoms with E-state index in [0.717, 1.165) is 36.5 Å². The number of carbonyl (C=O) groups is 2. The molecule has 1 fully saturated rings. The molecule has 25 heavy (non-hydrogen) atoms. The highest BCUT2D eigenvalue weighted by molar-refractivity contribution is 7.18. The lowest BCUT2D eigenvalue weighted by atomic mass is 9.96.